The molecule has 102 heavy (non-hydrogen) atoms. The summed E-state index contributed by atoms with van der Waals surface area (Å²) in [6.07, 6.45) is 6.58. The van der Waals surface area contributed by atoms with Gasteiger partial charge in [-0.05, 0) is 152 Å². The Kier molecular flexibility index (Phi) is 31.9. The van der Waals surface area contributed by atoms with Crippen molar-refractivity contribution < 1.29 is 80.1 Å². The number of carbonyl (C=O) groups is 10. The number of alkyl carbamates (subject to hydrolysis) is 1. The largest absolute Gasteiger partial charge is 0.467 e. The van der Waals surface area contributed by atoms with Gasteiger partial charge < -0.3 is 48.0 Å². The molecule has 24 heteroatoms. The second-order valence-corrected chi connectivity index (χ2v) is 25.4. The number of fused-ring (bicyclic) bond motifs is 3. The third-order valence-corrected chi connectivity index (χ3v) is 15.8. The Morgan fingerprint density at radius 3 is 2.00 bits per heavy atom. The maximum atomic E-state index is 13.6. The van der Waals surface area contributed by atoms with Gasteiger partial charge in [0.05, 0.1) is 38.3 Å². The third-order valence-electron chi connectivity index (χ3n) is 15.8. The molecular formula is C78H90F3N7O14. The van der Waals surface area contributed by atoms with Crippen molar-refractivity contribution in [2.75, 3.05) is 27.3 Å². The number of hydrogen-bond donors (Lipinski definition) is 1. The number of carbonyl (C=O) groups excluding carboxylic acids is 10. The number of amides is 3. The zero-order valence-electron chi connectivity index (χ0n) is 59.7. The Morgan fingerprint density at radius 2 is 1.36 bits per heavy atom. The number of benzene rings is 5. The molecule has 2 atom stereocenters. The number of likely N-dealkylation sites (tertiary alicyclic amines) is 1. The van der Waals surface area contributed by atoms with Crippen LogP contribution in [-0.4, -0.2) is 133 Å². The van der Waals surface area contributed by atoms with Gasteiger partial charge in [0.25, 0.3) is 0 Å². The minimum atomic E-state index is -1.32. The van der Waals surface area contributed by atoms with Crippen LogP contribution >= 0.6 is 0 Å². The van der Waals surface area contributed by atoms with E-state index in [9.17, 15) is 61.1 Å². The minimum Gasteiger partial charge on any atom is -0.467 e. The van der Waals surface area contributed by atoms with Gasteiger partial charge in [-0.15, -0.1) is 10.2 Å². The number of ether oxygens (including phenoxy) is 4. The van der Waals surface area contributed by atoms with E-state index in [4.69, 9.17) is 9.47 Å². The lowest BCUT2D eigenvalue weighted by Gasteiger charge is -2.33. The zero-order chi connectivity index (χ0) is 75.4. The molecular weight excluding hydrogens is 1320 g/mol. The first kappa shape index (κ1) is 81.8. The van der Waals surface area contributed by atoms with Crippen LogP contribution in [0.3, 0.4) is 0 Å². The van der Waals surface area contributed by atoms with Crippen molar-refractivity contribution in [3.63, 3.8) is 0 Å². The molecule has 0 bridgehead atoms. The van der Waals surface area contributed by atoms with E-state index in [0.29, 0.717) is 68.2 Å². The van der Waals surface area contributed by atoms with Crippen LogP contribution in [0.25, 0.3) is 22.2 Å². The molecule has 2 aromatic heterocycles. The quantitative estimate of drug-likeness (QED) is 0.0209. The standard InChI is InChI=1S/C16H15F3N4O2.C15H19NO2.C13H13NO.C12H21NO5.C12H12O.C10H10O3/c1-9-20-21-15-8-22(2-3-23(9)15)16(25)6-11(24)4-10-5-13(18)14(19)7-12(10)17;1-12-8-9-13(2)16(10-12)15(17)18-11-14-6-4-3-5-7-14;1-10(9-11(2)15)14-8-7-12-5-3-4-6-13(12)14;1-8(14)6-7-9(10(15)17-5)13-11(16)18-12(2,3)4;1-9(13)8-11-7-6-10-4-2-3-5-12(10)11;1-7(11)8-3-5-9(6-4-8)10(12)13-2/h5,7H,2-4,6,8H2,1H3;3-7,13H,1,8-11H2,2H3;3-8H,1,9H2,2H3;9H,6-7H2,1-5H3,(H,13,16);2-5,7H,6,8H2,1H3;3-6H,1-2H3. The first-order chi connectivity index (χ1) is 48.3. The number of ketones is 5. The van der Waals surface area contributed by atoms with E-state index in [-0.39, 0.29) is 60.2 Å². The molecule has 3 aliphatic rings. The fraction of sp³-hybridized carbons (Fsp3) is 0.359. The van der Waals surface area contributed by atoms with Gasteiger partial charge in [-0.1, -0.05) is 110 Å². The lowest BCUT2D eigenvalue weighted by atomic mass is 10.0. The third kappa shape index (κ3) is 26.6. The number of rotatable bonds is 18. The highest BCUT2D eigenvalue weighted by molar-refractivity contribution is 5.99. The lowest BCUT2D eigenvalue weighted by molar-refractivity contribution is -0.143. The molecule has 4 heterocycles. The van der Waals surface area contributed by atoms with Gasteiger partial charge in [0.15, 0.2) is 23.2 Å². The molecule has 1 N–H and O–H groups in total. The number of nitrogens with one attached hydrogen (secondary N) is 1. The van der Waals surface area contributed by atoms with Crippen molar-refractivity contribution in [1.82, 2.24) is 34.4 Å². The molecule has 2 aliphatic heterocycles. The Morgan fingerprint density at radius 1 is 0.716 bits per heavy atom. The van der Waals surface area contributed by atoms with E-state index in [0.717, 1.165) is 47.4 Å². The van der Waals surface area contributed by atoms with Crippen molar-refractivity contribution in [2.24, 2.45) is 0 Å². The molecule has 10 rings (SSSR count). The first-order valence-electron chi connectivity index (χ1n) is 33.0. The average Bonchev–Trinajstić information content (AvgIpc) is 1.65. The van der Waals surface area contributed by atoms with Crippen LogP contribution in [0.4, 0.5) is 22.8 Å². The molecule has 21 nitrogen and oxygen atoms in total. The van der Waals surface area contributed by atoms with E-state index in [1.54, 1.807) is 63.8 Å². The van der Waals surface area contributed by atoms with Crippen LogP contribution in [0.5, 0.6) is 0 Å². The van der Waals surface area contributed by atoms with Crippen LogP contribution in [0, 0.1) is 24.4 Å². The number of allylic oxidation sites excluding steroid dienone is 3. The summed E-state index contributed by atoms with van der Waals surface area (Å²) in [5.74, 6) is -3.86. The van der Waals surface area contributed by atoms with Crippen molar-refractivity contribution in [3.8, 4) is 0 Å². The second kappa shape index (κ2) is 39.8. The maximum absolute atomic E-state index is 13.6. The van der Waals surface area contributed by atoms with E-state index in [2.05, 4.69) is 63.3 Å². The smallest absolute Gasteiger partial charge is 0.410 e. The summed E-state index contributed by atoms with van der Waals surface area (Å²) in [6.45, 7) is 25.2. The normalized spacial score (nSPS) is 13.5. The predicted octanol–water partition coefficient (Wildman–Crippen LogP) is 13.7. The van der Waals surface area contributed by atoms with Gasteiger partial charge in [-0.3, -0.25) is 24.0 Å². The van der Waals surface area contributed by atoms with Crippen LogP contribution in [-0.2, 0) is 80.3 Å². The van der Waals surface area contributed by atoms with Crippen molar-refractivity contribution in [2.45, 2.75) is 157 Å². The Balaban J connectivity index is 0.000000224. The summed E-state index contributed by atoms with van der Waals surface area (Å²) in [7, 11) is 2.54. The van der Waals surface area contributed by atoms with Crippen LogP contribution < -0.4 is 5.32 Å². The summed E-state index contributed by atoms with van der Waals surface area (Å²) in [4.78, 5) is 117. The number of piperidine rings is 1. The number of esters is 2. The monoisotopic (exact) mass is 1410 g/mol. The van der Waals surface area contributed by atoms with Crippen molar-refractivity contribution in [1.29, 1.82) is 0 Å². The van der Waals surface area contributed by atoms with Crippen molar-refractivity contribution in [3.05, 3.63) is 215 Å². The zero-order valence-corrected chi connectivity index (χ0v) is 59.7. The predicted molar refractivity (Wildman–Crippen MR) is 380 cm³/mol. The molecule has 0 spiro atoms. The van der Waals surface area contributed by atoms with Crippen LogP contribution in [0.15, 0.2) is 152 Å². The van der Waals surface area contributed by atoms with E-state index >= 15 is 0 Å². The Hall–Kier alpha value is -10.9. The van der Waals surface area contributed by atoms with Crippen molar-refractivity contribution >= 4 is 81.1 Å². The van der Waals surface area contributed by atoms with E-state index < -0.39 is 71.7 Å². The van der Waals surface area contributed by atoms with Gasteiger partial charge >= 0.3 is 24.1 Å². The van der Waals surface area contributed by atoms with Gasteiger partial charge in [0.1, 0.15) is 53.0 Å². The number of para-hydroxylation sites is 1. The lowest BCUT2D eigenvalue weighted by Crippen LogP contribution is -2.44. The Bertz CT molecular complexity index is 4170. The summed E-state index contributed by atoms with van der Waals surface area (Å²) >= 11 is 0. The first-order valence-corrected chi connectivity index (χ1v) is 33.0. The number of aromatic nitrogens is 4. The number of halogens is 3. The molecule has 1 fully saturated rings. The summed E-state index contributed by atoms with van der Waals surface area (Å²) < 4.78 is 62.9. The molecule has 3 amide bonds. The number of hydrogen-bond acceptors (Lipinski definition) is 16. The van der Waals surface area contributed by atoms with Gasteiger partial charge in [-0.2, -0.15) is 0 Å². The molecule has 1 aliphatic carbocycles. The van der Waals surface area contributed by atoms with E-state index in [1.165, 1.54) is 55.1 Å². The Labute approximate surface area is 592 Å². The molecule has 542 valence electrons. The number of methoxy groups -OCH3 is 2. The fourth-order valence-electron chi connectivity index (χ4n) is 10.5. The number of aryl methyl sites for hydroxylation is 1. The highest BCUT2D eigenvalue weighted by atomic mass is 19.2. The van der Waals surface area contributed by atoms with Gasteiger partial charge in [-0.25, -0.2) is 32.3 Å². The molecule has 5 aromatic carbocycles. The minimum absolute atomic E-state index is 0.0172. The molecule has 1 saturated heterocycles. The summed E-state index contributed by atoms with van der Waals surface area (Å²) in [6, 6.07) is 34.9. The topological polar surface area (TPSA) is 262 Å². The average molecular weight is 1410 g/mol. The second-order valence-electron chi connectivity index (χ2n) is 25.4. The van der Waals surface area contributed by atoms with Crippen LogP contribution in [0.1, 0.15) is 155 Å². The van der Waals surface area contributed by atoms with Gasteiger partial charge in [0.2, 0.25) is 5.91 Å². The number of Topliss-reactive ketones (excluding diaryl/α,β-unsaturated/α-hetero) is 5. The molecule has 7 aromatic rings. The maximum Gasteiger partial charge on any atom is 0.410 e. The molecule has 0 saturated carbocycles. The van der Waals surface area contributed by atoms with Crippen LogP contribution in [0.2, 0.25) is 0 Å². The highest BCUT2D eigenvalue weighted by Gasteiger charge is 2.29. The van der Waals surface area contributed by atoms with E-state index in [1.807, 2.05) is 95.1 Å². The summed E-state index contributed by atoms with van der Waals surface area (Å²) in [5, 5.41) is 11.5. The molecule has 2 unspecified atom stereocenters. The summed E-state index contributed by atoms with van der Waals surface area (Å²) in [5.41, 5.74) is 7.96. The molecule has 0 radical (unpaired) electrons. The van der Waals surface area contributed by atoms with Gasteiger partial charge in [0, 0.05) is 74.9 Å². The number of nitrogens with zero attached hydrogens (tertiary/aromatic N) is 6. The fourth-order valence-corrected chi connectivity index (χ4v) is 10.5. The highest BCUT2D eigenvalue weighted by Crippen LogP contribution is 2.30. The SMILES string of the molecule is C=C(CC(C)=O)n1ccc2ccccc21.C=C1CCC(C)N(C(=O)OCc2ccccc2)C1.CC(=O)CC1=CCc2ccccc21.COC(=O)C(CCC(C)=O)NC(=O)OC(C)(C)C.COC(=O)c1ccc(C(C)=O)cc1.Cc1nnc2n1CCN(C(=O)CC(=O)Cc1cc(F)c(F)cc1F)C2.